The first-order valence-corrected chi connectivity index (χ1v) is 3.69. The Labute approximate surface area is 64.9 Å². The predicted molar refractivity (Wildman–Crippen MR) is 42.4 cm³/mol. The fourth-order valence-electron chi connectivity index (χ4n) is 0.808. The van der Waals surface area contributed by atoms with Crippen molar-refractivity contribution in [3.63, 3.8) is 0 Å². The first-order valence-electron chi connectivity index (χ1n) is 2.87. The van der Waals surface area contributed by atoms with Gasteiger partial charge in [-0.05, 0) is 0 Å². The SMILES string of the molecule is Nc1sc(=O)nc2nc[nH]c12. The maximum Gasteiger partial charge on any atom is 0.330 e. The number of H-pyrrole nitrogens is 1. The number of nitrogens with two attached hydrogens (primary N) is 1. The number of aromatic amines is 1. The van der Waals surface area contributed by atoms with Crippen LogP contribution in [0.15, 0.2) is 11.1 Å². The molecule has 0 fully saturated rings. The van der Waals surface area contributed by atoms with Crippen LogP contribution in [0.4, 0.5) is 5.00 Å². The number of nitrogen functional groups attached to an aromatic ring is 1. The second-order valence-corrected chi connectivity index (χ2v) is 2.94. The van der Waals surface area contributed by atoms with Crippen molar-refractivity contribution in [2.75, 3.05) is 5.73 Å². The Balaban J connectivity index is 3.02. The fraction of sp³-hybridized carbons (Fsp3) is 0. The molecular formula is C5H4N4OS. The topological polar surface area (TPSA) is 84.7 Å². The molecule has 2 heterocycles. The lowest BCUT2D eigenvalue weighted by Gasteiger charge is -1.88. The first-order chi connectivity index (χ1) is 5.27. The minimum absolute atomic E-state index is 0.317. The summed E-state index contributed by atoms with van der Waals surface area (Å²) in [6.07, 6.45) is 1.46. The number of imidazole rings is 1. The molecule has 0 amide bonds. The Hall–Kier alpha value is -1.43. The van der Waals surface area contributed by atoms with E-state index in [0.29, 0.717) is 16.2 Å². The summed E-state index contributed by atoms with van der Waals surface area (Å²) in [5.41, 5.74) is 6.52. The van der Waals surface area contributed by atoms with E-state index in [1.807, 2.05) is 0 Å². The van der Waals surface area contributed by atoms with Gasteiger partial charge in [-0.3, -0.25) is 4.79 Å². The Kier molecular flexibility index (Phi) is 1.16. The standard InChI is InChI=1S/C5H4N4OS/c6-3-2-4(8-1-7-2)9-5(10)11-3/h1H,6H2,(H,7,8,9,10). The second kappa shape index (κ2) is 2.03. The summed E-state index contributed by atoms with van der Waals surface area (Å²) < 4.78 is 0. The van der Waals surface area contributed by atoms with Crippen LogP contribution in [-0.2, 0) is 0 Å². The van der Waals surface area contributed by atoms with Crippen LogP contribution in [0.2, 0.25) is 0 Å². The van der Waals surface area contributed by atoms with Crippen LogP contribution in [0, 0.1) is 0 Å². The molecule has 0 saturated carbocycles. The van der Waals surface area contributed by atoms with E-state index in [1.54, 1.807) is 0 Å². The lowest BCUT2D eigenvalue weighted by Crippen LogP contribution is -2.01. The third kappa shape index (κ3) is 0.874. The van der Waals surface area contributed by atoms with E-state index in [2.05, 4.69) is 15.0 Å². The molecule has 0 aromatic carbocycles. The highest BCUT2D eigenvalue weighted by Gasteiger charge is 2.02. The molecule has 2 aromatic heterocycles. The summed E-state index contributed by atoms with van der Waals surface area (Å²) in [5.74, 6) is 0. The lowest BCUT2D eigenvalue weighted by molar-refractivity contribution is 1.29. The molecule has 11 heavy (non-hydrogen) atoms. The molecule has 6 heteroatoms. The zero-order chi connectivity index (χ0) is 7.84. The molecule has 0 aliphatic rings. The smallest absolute Gasteiger partial charge is 0.330 e. The van der Waals surface area contributed by atoms with E-state index in [0.717, 1.165) is 11.3 Å². The fourth-order valence-corrected chi connectivity index (χ4v) is 1.38. The lowest BCUT2D eigenvalue weighted by atomic mass is 10.6. The highest BCUT2D eigenvalue weighted by molar-refractivity contribution is 7.13. The van der Waals surface area contributed by atoms with Gasteiger partial charge in [-0.2, -0.15) is 4.98 Å². The van der Waals surface area contributed by atoms with Crippen LogP contribution < -0.4 is 10.6 Å². The van der Waals surface area contributed by atoms with Crippen LogP contribution in [0.25, 0.3) is 11.2 Å². The van der Waals surface area contributed by atoms with Crippen LogP contribution >= 0.6 is 11.3 Å². The average molecular weight is 168 g/mol. The summed E-state index contributed by atoms with van der Waals surface area (Å²) >= 11 is 0.906. The number of fused-ring (bicyclic) bond motifs is 1. The van der Waals surface area contributed by atoms with E-state index in [9.17, 15) is 4.79 Å². The molecule has 0 atom stereocenters. The van der Waals surface area contributed by atoms with Gasteiger partial charge >= 0.3 is 4.87 Å². The largest absolute Gasteiger partial charge is 0.389 e. The Morgan fingerprint density at radius 3 is 3.27 bits per heavy atom. The van der Waals surface area contributed by atoms with E-state index in [-0.39, 0.29) is 4.87 Å². The predicted octanol–water partition coefficient (Wildman–Crippen LogP) is -0.0382. The number of nitrogens with zero attached hydrogens (tertiary/aromatic N) is 2. The van der Waals surface area contributed by atoms with Gasteiger partial charge < -0.3 is 10.7 Å². The molecule has 0 aliphatic heterocycles. The average Bonchev–Trinajstić information content (AvgIpc) is 2.34. The van der Waals surface area contributed by atoms with Crippen LogP contribution in [0.3, 0.4) is 0 Å². The molecule has 5 nitrogen and oxygen atoms in total. The summed E-state index contributed by atoms with van der Waals surface area (Å²) in [7, 11) is 0. The van der Waals surface area contributed by atoms with E-state index in [4.69, 9.17) is 5.73 Å². The van der Waals surface area contributed by atoms with E-state index < -0.39 is 0 Å². The van der Waals surface area contributed by atoms with Gasteiger partial charge in [-0.25, -0.2) is 4.98 Å². The summed E-state index contributed by atoms with van der Waals surface area (Å²) in [5, 5.41) is 0.428. The quantitative estimate of drug-likeness (QED) is 0.578. The normalized spacial score (nSPS) is 10.5. The van der Waals surface area contributed by atoms with Crippen molar-refractivity contribution in [1.29, 1.82) is 0 Å². The Bertz CT molecular complexity index is 445. The molecule has 0 aliphatic carbocycles. The number of aromatic nitrogens is 3. The minimum atomic E-state index is -0.317. The van der Waals surface area contributed by atoms with Gasteiger partial charge in [0.15, 0.2) is 5.65 Å². The molecule has 0 radical (unpaired) electrons. The van der Waals surface area contributed by atoms with Gasteiger partial charge in [-0.1, -0.05) is 11.3 Å². The third-order valence-electron chi connectivity index (χ3n) is 1.26. The van der Waals surface area contributed by atoms with Crippen molar-refractivity contribution < 1.29 is 0 Å². The number of hydrogen-bond donors (Lipinski definition) is 2. The van der Waals surface area contributed by atoms with Crippen LogP contribution in [0.1, 0.15) is 0 Å². The molecule has 2 aromatic rings. The minimum Gasteiger partial charge on any atom is -0.389 e. The van der Waals surface area contributed by atoms with E-state index >= 15 is 0 Å². The number of nitrogens with one attached hydrogen (secondary N) is 1. The molecule has 0 unspecified atom stereocenters. The maximum atomic E-state index is 10.8. The van der Waals surface area contributed by atoms with Crippen molar-refractivity contribution in [3.05, 3.63) is 16.0 Å². The van der Waals surface area contributed by atoms with Crippen molar-refractivity contribution in [3.8, 4) is 0 Å². The molecule has 3 N–H and O–H groups in total. The monoisotopic (exact) mass is 168 g/mol. The number of hydrogen-bond acceptors (Lipinski definition) is 5. The van der Waals surface area contributed by atoms with Crippen molar-refractivity contribution in [1.82, 2.24) is 15.0 Å². The zero-order valence-electron chi connectivity index (χ0n) is 5.37. The van der Waals surface area contributed by atoms with Gasteiger partial charge in [0, 0.05) is 0 Å². The molecule has 56 valence electrons. The zero-order valence-corrected chi connectivity index (χ0v) is 6.18. The van der Waals surface area contributed by atoms with Gasteiger partial charge in [0.05, 0.1) is 6.33 Å². The van der Waals surface area contributed by atoms with Crippen molar-refractivity contribution >= 4 is 27.5 Å². The van der Waals surface area contributed by atoms with Gasteiger partial charge in [0.25, 0.3) is 0 Å². The molecule has 2 rings (SSSR count). The molecule has 0 bridgehead atoms. The Morgan fingerprint density at radius 2 is 2.45 bits per heavy atom. The number of anilines is 1. The number of rotatable bonds is 0. The first kappa shape index (κ1) is 6.29. The van der Waals surface area contributed by atoms with Crippen LogP contribution in [-0.4, -0.2) is 15.0 Å². The molecule has 0 spiro atoms. The third-order valence-corrected chi connectivity index (χ3v) is 1.95. The maximum absolute atomic E-state index is 10.8. The molecular weight excluding hydrogens is 164 g/mol. The molecule has 0 saturated heterocycles. The second-order valence-electron chi connectivity index (χ2n) is 1.95. The van der Waals surface area contributed by atoms with Gasteiger partial charge in [0.2, 0.25) is 0 Å². The van der Waals surface area contributed by atoms with Gasteiger partial charge in [-0.15, -0.1) is 0 Å². The summed E-state index contributed by atoms with van der Waals surface area (Å²) in [6.45, 7) is 0. The highest BCUT2D eigenvalue weighted by Crippen LogP contribution is 2.14. The summed E-state index contributed by atoms with van der Waals surface area (Å²) in [6, 6.07) is 0. The van der Waals surface area contributed by atoms with Crippen molar-refractivity contribution in [2.24, 2.45) is 0 Å². The highest BCUT2D eigenvalue weighted by atomic mass is 32.1. The Morgan fingerprint density at radius 1 is 1.64 bits per heavy atom. The van der Waals surface area contributed by atoms with Crippen LogP contribution in [0.5, 0.6) is 0 Å². The van der Waals surface area contributed by atoms with E-state index in [1.165, 1.54) is 6.33 Å². The van der Waals surface area contributed by atoms with Gasteiger partial charge in [0.1, 0.15) is 10.5 Å². The van der Waals surface area contributed by atoms with Crippen molar-refractivity contribution in [2.45, 2.75) is 0 Å². The summed E-state index contributed by atoms with van der Waals surface area (Å²) in [4.78, 5) is 20.7.